The molecule has 0 aliphatic rings. The fraction of sp³-hybridized carbons (Fsp3) is 0.167. The Kier molecular flexibility index (Phi) is 3.08. The summed E-state index contributed by atoms with van der Waals surface area (Å²) < 4.78 is 40.7. The fourth-order valence-electron chi connectivity index (χ4n) is 1.52. The van der Waals surface area contributed by atoms with Crippen LogP contribution in [0.2, 0.25) is 0 Å². The van der Waals surface area contributed by atoms with Crippen molar-refractivity contribution in [2.24, 2.45) is 7.05 Å². The van der Waals surface area contributed by atoms with Crippen molar-refractivity contribution >= 4 is 5.69 Å². The van der Waals surface area contributed by atoms with E-state index in [1.54, 1.807) is 0 Å². The molecule has 5 heteroatoms. The third-order valence-corrected chi connectivity index (χ3v) is 2.39. The summed E-state index contributed by atoms with van der Waals surface area (Å²) in [4.78, 5) is 0. The van der Waals surface area contributed by atoms with Crippen LogP contribution in [0.15, 0.2) is 30.6 Å². The van der Waals surface area contributed by atoms with E-state index in [1.807, 2.05) is 30.1 Å². The normalized spacial score (nSPS) is 10.6. The molecule has 1 aromatic heterocycles. The number of rotatable bonds is 3. The van der Waals surface area contributed by atoms with Crippen LogP contribution in [-0.2, 0) is 13.6 Å². The molecule has 0 unspecified atom stereocenters. The van der Waals surface area contributed by atoms with Crippen molar-refractivity contribution < 1.29 is 13.2 Å². The average Bonchev–Trinajstić information content (AvgIpc) is 2.68. The second-order valence-electron chi connectivity index (χ2n) is 3.78. The monoisotopic (exact) mass is 240 g/mol. The number of anilines is 1. The zero-order valence-electron chi connectivity index (χ0n) is 9.17. The molecule has 90 valence electrons. The van der Waals surface area contributed by atoms with Crippen molar-refractivity contribution in [2.45, 2.75) is 6.54 Å². The Morgan fingerprint density at radius 1 is 1.12 bits per heavy atom. The first-order valence-corrected chi connectivity index (χ1v) is 5.05. The highest BCUT2D eigenvalue weighted by Crippen LogP contribution is 2.19. The number of halogens is 3. The van der Waals surface area contributed by atoms with Gasteiger partial charge in [0.05, 0.1) is 5.69 Å². The second kappa shape index (κ2) is 4.53. The van der Waals surface area contributed by atoms with E-state index >= 15 is 0 Å². The molecule has 0 fully saturated rings. The summed E-state index contributed by atoms with van der Waals surface area (Å²) >= 11 is 0. The number of aromatic nitrogens is 1. The van der Waals surface area contributed by atoms with Gasteiger partial charge in [-0.2, -0.15) is 0 Å². The largest absolute Gasteiger partial charge is 0.378 e. The average molecular weight is 240 g/mol. The lowest BCUT2D eigenvalue weighted by Gasteiger charge is -2.06. The van der Waals surface area contributed by atoms with Crippen molar-refractivity contribution in [1.82, 2.24) is 4.57 Å². The quantitative estimate of drug-likeness (QED) is 0.816. The van der Waals surface area contributed by atoms with Crippen LogP contribution in [0.1, 0.15) is 5.56 Å². The van der Waals surface area contributed by atoms with Gasteiger partial charge in [-0.05, 0) is 11.6 Å². The highest BCUT2D eigenvalue weighted by molar-refractivity contribution is 5.45. The van der Waals surface area contributed by atoms with Crippen LogP contribution in [0.25, 0.3) is 0 Å². The van der Waals surface area contributed by atoms with Gasteiger partial charge in [0, 0.05) is 38.1 Å². The predicted octanol–water partition coefficient (Wildman–Crippen LogP) is 3.05. The Balaban J connectivity index is 2.11. The van der Waals surface area contributed by atoms with Gasteiger partial charge < -0.3 is 9.88 Å². The maximum Gasteiger partial charge on any atom is 0.161 e. The summed E-state index contributed by atoms with van der Waals surface area (Å²) in [5.41, 5.74) is 0.879. The van der Waals surface area contributed by atoms with Crippen LogP contribution in [0, 0.1) is 17.5 Å². The summed E-state index contributed by atoms with van der Waals surface area (Å²) in [6, 6.07) is 3.20. The Labute approximate surface area is 96.7 Å². The molecule has 0 bridgehead atoms. The number of benzene rings is 1. The zero-order chi connectivity index (χ0) is 12.4. The third kappa shape index (κ3) is 2.61. The van der Waals surface area contributed by atoms with Crippen LogP contribution in [-0.4, -0.2) is 4.57 Å². The lowest BCUT2D eigenvalue weighted by Crippen LogP contribution is -2.02. The van der Waals surface area contributed by atoms with Crippen molar-refractivity contribution in [2.75, 3.05) is 5.32 Å². The molecule has 0 saturated carbocycles. The van der Waals surface area contributed by atoms with Crippen molar-refractivity contribution in [1.29, 1.82) is 0 Å². The van der Waals surface area contributed by atoms with Crippen molar-refractivity contribution in [3.05, 3.63) is 53.6 Å². The number of aryl methyl sites for hydroxylation is 1. The first-order chi connectivity index (χ1) is 8.06. The summed E-state index contributed by atoms with van der Waals surface area (Å²) in [5, 5.41) is 2.72. The molecule has 0 saturated heterocycles. The zero-order valence-corrected chi connectivity index (χ0v) is 9.17. The van der Waals surface area contributed by atoms with Crippen molar-refractivity contribution in [3.8, 4) is 0 Å². The van der Waals surface area contributed by atoms with Gasteiger partial charge in [0.25, 0.3) is 0 Å². The molecule has 1 aromatic carbocycles. The molecule has 0 atom stereocenters. The molecule has 0 aliphatic heterocycles. The first-order valence-electron chi connectivity index (χ1n) is 5.05. The molecule has 1 heterocycles. The fourth-order valence-corrected chi connectivity index (χ4v) is 1.52. The first kappa shape index (κ1) is 11.6. The van der Waals surface area contributed by atoms with Crippen LogP contribution in [0.3, 0.4) is 0 Å². The van der Waals surface area contributed by atoms with Gasteiger partial charge in [-0.3, -0.25) is 0 Å². The van der Waals surface area contributed by atoms with Crippen LogP contribution in [0.5, 0.6) is 0 Å². The highest BCUT2D eigenvalue weighted by Gasteiger charge is 2.09. The van der Waals surface area contributed by atoms with Gasteiger partial charge in [0.1, 0.15) is 5.82 Å². The van der Waals surface area contributed by atoms with E-state index in [0.29, 0.717) is 12.6 Å². The van der Waals surface area contributed by atoms with E-state index in [2.05, 4.69) is 5.32 Å². The highest BCUT2D eigenvalue weighted by atomic mass is 19.2. The van der Waals surface area contributed by atoms with Crippen LogP contribution >= 0.6 is 0 Å². The molecule has 0 aliphatic carbocycles. The molecule has 17 heavy (non-hydrogen) atoms. The standard InChI is InChI=1S/C12H11F3N2/c1-17-3-2-8(7-17)6-16-12-5-10(14)9(13)4-11(12)15/h2-5,7,16H,6H2,1H3. The Morgan fingerprint density at radius 3 is 2.47 bits per heavy atom. The Hall–Kier alpha value is -1.91. The summed E-state index contributed by atoms with van der Waals surface area (Å²) in [6.07, 6.45) is 3.70. The second-order valence-corrected chi connectivity index (χ2v) is 3.78. The number of hydrogen-bond acceptors (Lipinski definition) is 1. The maximum atomic E-state index is 13.3. The SMILES string of the molecule is Cn1ccc(CNc2cc(F)c(F)cc2F)c1. The van der Waals surface area contributed by atoms with Gasteiger partial charge >= 0.3 is 0 Å². The lowest BCUT2D eigenvalue weighted by molar-refractivity contribution is 0.496. The predicted molar refractivity (Wildman–Crippen MR) is 59.1 cm³/mol. The smallest absolute Gasteiger partial charge is 0.161 e. The minimum Gasteiger partial charge on any atom is -0.378 e. The third-order valence-electron chi connectivity index (χ3n) is 2.39. The van der Waals surface area contributed by atoms with Crippen LogP contribution in [0.4, 0.5) is 18.9 Å². The molecule has 0 spiro atoms. The maximum absolute atomic E-state index is 13.3. The molecule has 2 aromatic rings. The molecule has 2 nitrogen and oxygen atoms in total. The Bertz CT molecular complexity index is 535. The molecule has 2 rings (SSSR count). The van der Waals surface area contributed by atoms with Crippen molar-refractivity contribution in [3.63, 3.8) is 0 Å². The number of hydrogen-bond donors (Lipinski definition) is 1. The van der Waals surface area contributed by atoms with E-state index in [-0.39, 0.29) is 5.69 Å². The Morgan fingerprint density at radius 2 is 1.82 bits per heavy atom. The van der Waals surface area contributed by atoms with E-state index in [1.165, 1.54) is 0 Å². The lowest BCUT2D eigenvalue weighted by atomic mass is 10.2. The van der Waals surface area contributed by atoms with Gasteiger partial charge in [-0.1, -0.05) is 0 Å². The topological polar surface area (TPSA) is 17.0 Å². The van der Waals surface area contributed by atoms with E-state index in [4.69, 9.17) is 0 Å². The van der Waals surface area contributed by atoms with Gasteiger partial charge in [0.15, 0.2) is 11.6 Å². The van der Waals surface area contributed by atoms with Gasteiger partial charge in [-0.15, -0.1) is 0 Å². The number of nitrogens with zero attached hydrogens (tertiary/aromatic N) is 1. The summed E-state index contributed by atoms with van der Waals surface area (Å²) in [7, 11) is 1.86. The minimum atomic E-state index is -1.19. The number of nitrogens with one attached hydrogen (secondary N) is 1. The van der Waals surface area contributed by atoms with E-state index in [9.17, 15) is 13.2 Å². The molecular formula is C12H11F3N2. The summed E-state index contributed by atoms with van der Waals surface area (Å²) in [6.45, 7) is 0.350. The van der Waals surface area contributed by atoms with Gasteiger partial charge in [-0.25, -0.2) is 13.2 Å². The summed E-state index contributed by atoms with van der Waals surface area (Å²) in [5.74, 6) is -3.06. The van der Waals surface area contributed by atoms with E-state index < -0.39 is 17.5 Å². The van der Waals surface area contributed by atoms with E-state index in [0.717, 1.165) is 11.6 Å². The van der Waals surface area contributed by atoms with Gasteiger partial charge in [0.2, 0.25) is 0 Å². The minimum absolute atomic E-state index is 0.0484. The molecule has 1 N–H and O–H groups in total. The van der Waals surface area contributed by atoms with Crippen LogP contribution < -0.4 is 5.32 Å². The molecule has 0 radical (unpaired) electrons. The molecular weight excluding hydrogens is 229 g/mol. The molecule has 0 amide bonds.